The van der Waals surface area contributed by atoms with Crippen LogP contribution >= 0.6 is 0 Å². The zero-order valence-electron chi connectivity index (χ0n) is 10.8. The van der Waals surface area contributed by atoms with Crippen LogP contribution in [-0.4, -0.2) is 37.9 Å². The van der Waals surface area contributed by atoms with Crippen LogP contribution in [0.25, 0.3) is 0 Å². The lowest BCUT2D eigenvalue weighted by atomic mass is 10.1. The van der Waals surface area contributed by atoms with E-state index in [9.17, 15) is 9.59 Å². The number of methoxy groups -OCH3 is 2. The molecule has 0 aromatic heterocycles. The van der Waals surface area contributed by atoms with Crippen molar-refractivity contribution in [3.8, 4) is 11.5 Å². The van der Waals surface area contributed by atoms with Gasteiger partial charge < -0.3 is 19.3 Å². The van der Waals surface area contributed by atoms with Crippen molar-refractivity contribution >= 4 is 11.9 Å². The van der Waals surface area contributed by atoms with Crippen LogP contribution in [-0.2, 0) is 14.3 Å². The molecule has 0 radical (unpaired) electrons. The summed E-state index contributed by atoms with van der Waals surface area (Å²) < 4.78 is 14.8. The van der Waals surface area contributed by atoms with Gasteiger partial charge in [0.25, 0.3) is 0 Å². The predicted octanol–water partition coefficient (Wildman–Crippen LogP) is 1.34. The Morgan fingerprint density at radius 1 is 1.16 bits per heavy atom. The number of carbonyl (C=O) groups is 2. The minimum absolute atomic E-state index is 0.0496. The number of esters is 1. The lowest BCUT2D eigenvalue weighted by Gasteiger charge is -2.11. The lowest BCUT2D eigenvalue weighted by molar-refractivity contribution is -0.157. The van der Waals surface area contributed by atoms with Gasteiger partial charge in [0.05, 0.1) is 20.8 Å². The number of carboxylic acid groups (broad SMARTS) is 1. The van der Waals surface area contributed by atoms with Crippen molar-refractivity contribution in [3.05, 3.63) is 24.3 Å². The first-order valence-corrected chi connectivity index (χ1v) is 5.66. The summed E-state index contributed by atoms with van der Waals surface area (Å²) >= 11 is 0. The van der Waals surface area contributed by atoms with Crippen LogP contribution in [0.4, 0.5) is 0 Å². The van der Waals surface area contributed by atoms with Gasteiger partial charge in [-0.05, 0) is 24.3 Å². The third kappa shape index (κ3) is 4.50. The number of ether oxygens (including phenoxy) is 3. The first kappa shape index (κ1) is 14.8. The second kappa shape index (κ2) is 7.25. The molecule has 0 spiro atoms. The van der Waals surface area contributed by atoms with Crippen molar-refractivity contribution in [3.63, 3.8) is 0 Å². The molecule has 6 heteroatoms. The average molecular weight is 268 g/mol. The molecule has 6 nitrogen and oxygen atoms in total. The van der Waals surface area contributed by atoms with Crippen LogP contribution in [0.3, 0.4) is 0 Å². The first-order chi connectivity index (χ1) is 9.08. The summed E-state index contributed by atoms with van der Waals surface area (Å²) in [6.45, 7) is 0.110. The van der Waals surface area contributed by atoms with Crippen LogP contribution in [0.15, 0.2) is 24.3 Å². The highest BCUT2D eigenvalue weighted by molar-refractivity contribution is 5.93. The van der Waals surface area contributed by atoms with E-state index >= 15 is 0 Å². The minimum atomic E-state index is -1.22. The van der Waals surface area contributed by atoms with Crippen LogP contribution < -0.4 is 9.47 Å². The Kier molecular flexibility index (Phi) is 5.66. The number of carbonyl (C=O) groups excluding carboxylic acids is 1. The molecule has 0 heterocycles. The van der Waals surface area contributed by atoms with E-state index < -0.39 is 17.9 Å². The Morgan fingerprint density at radius 3 is 2.21 bits per heavy atom. The van der Waals surface area contributed by atoms with Crippen molar-refractivity contribution in [2.45, 2.75) is 6.42 Å². The number of hydrogen-bond acceptors (Lipinski definition) is 5. The zero-order chi connectivity index (χ0) is 14.3. The fourth-order valence-corrected chi connectivity index (χ4v) is 1.45. The smallest absolute Gasteiger partial charge is 0.320 e. The van der Waals surface area contributed by atoms with Crippen molar-refractivity contribution in [2.24, 2.45) is 5.92 Å². The van der Waals surface area contributed by atoms with Crippen molar-refractivity contribution < 1.29 is 28.9 Å². The van der Waals surface area contributed by atoms with Gasteiger partial charge in [-0.25, -0.2) is 0 Å². The van der Waals surface area contributed by atoms with Gasteiger partial charge in [-0.2, -0.15) is 0 Å². The van der Waals surface area contributed by atoms with E-state index in [1.807, 2.05) is 0 Å². The number of rotatable bonds is 7. The number of hydrogen-bond donors (Lipinski definition) is 1. The number of benzene rings is 1. The molecule has 104 valence electrons. The Bertz CT molecular complexity index is 425. The van der Waals surface area contributed by atoms with Crippen molar-refractivity contribution in [2.75, 3.05) is 20.8 Å². The Morgan fingerprint density at radius 2 is 1.74 bits per heavy atom. The fraction of sp³-hybridized carbons (Fsp3) is 0.385. The number of carboxylic acids is 1. The molecular weight excluding hydrogens is 252 g/mol. The Hall–Kier alpha value is -2.24. The molecule has 1 aromatic rings. The Labute approximate surface area is 110 Å². The van der Waals surface area contributed by atoms with Crippen LogP contribution in [0.5, 0.6) is 11.5 Å². The van der Waals surface area contributed by atoms with Gasteiger partial charge in [0.15, 0.2) is 5.92 Å². The highest BCUT2D eigenvalue weighted by Gasteiger charge is 2.26. The van der Waals surface area contributed by atoms with E-state index in [2.05, 4.69) is 4.74 Å². The summed E-state index contributed by atoms with van der Waals surface area (Å²) in [6, 6.07) is 6.86. The normalized spacial score (nSPS) is 11.5. The van der Waals surface area contributed by atoms with E-state index in [1.165, 1.54) is 0 Å². The average Bonchev–Trinajstić information content (AvgIpc) is 2.43. The molecule has 19 heavy (non-hydrogen) atoms. The van der Waals surface area contributed by atoms with Crippen molar-refractivity contribution in [1.29, 1.82) is 0 Å². The third-order valence-corrected chi connectivity index (χ3v) is 2.52. The molecule has 0 aliphatic heterocycles. The van der Waals surface area contributed by atoms with E-state index in [0.29, 0.717) is 11.5 Å². The summed E-state index contributed by atoms with van der Waals surface area (Å²) in [7, 11) is 2.71. The molecule has 0 fully saturated rings. The molecule has 1 rings (SSSR count). The van der Waals surface area contributed by atoms with Gasteiger partial charge >= 0.3 is 11.9 Å². The Balaban J connectivity index is 2.47. The molecular formula is C13H16O6. The van der Waals surface area contributed by atoms with E-state index in [-0.39, 0.29) is 13.0 Å². The van der Waals surface area contributed by atoms with Gasteiger partial charge in [0.2, 0.25) is 0 Å². The molecule has 0 saturated heterocycles. The molecule has 0 aliphatic rings. The largest absolute Gasteiger partial charge is 0.497 e. The predicted molar refractivity (Wildman–Crippen MR) is 66.2 cm³/mol. The number of aliphatic carboxylic acids is 1. The van der Waals surface area contributed by atoms with E-state index in [0.717, 1.165) is 7.11 Å². The highest BCUT2D eigenvalue weighted by atomic mass is 16.5. The quantitative estimate of drug-likeness (QED) is 0.593. The van der Waals surface area contributed by atoms with Crippen LogP contribution in [0.1, 0.15) is 6.42 Å². The summed E-state index contributed by atoms with van der Waals surface area (Å²) in [5, 5.41) is 8.87. The summed E-state index contributed by atoms with van der Waals surface area (Å²) in [5.41, 5.74) is 0. The van der Waals surface area contributed by atoms with Gasteiger partial charge in [-0.3, -0.25) is 9.59 Å². The van der Waals surface area contributed by atoms with Gasteiger partial charge in [0, 0.05) is 6.42 Å². The summed E-state index contributed by atoms with van der Waals surface area (Å²) in [5.74, 6) is -1.92. The van der Waals surface area contributed by atoms with Crippen LogP contribution in [0.2, 0.25) is 0 Å². The maximum atomic E-state index is 11.2. The van der Waals surface area contributed by atoms with Gasteiger partial charge in [-0.1, -0.05) is 0 Å². The zero-order valence-corrected chi connectivity index (χ0v) is 10.8. The molecule has 1 N–H and O–H groups in total. The maximum absolute atomic E-state index is 11.2. The van der Waals surface area contributed by atoms with Gasteiger partial charge in [0.1, 0.15) is 11.5 Å². The van der Waals surface area contributed by atoms with Crippen LogP contribution in [0, 0.1) is 5.92 Å². The first-order valence-electron chi connectivity index (χ1n) is 5.66. The molecule has 1 unspecified atom stereocenters. The van der Waals surface area contributed by atoms with E-state index in [4.69, 9.17) is 14.6 Å². The molecule has 0 amide bonds. The second-order valence-corrected chi connectivity index (χ2v) is 3.73. The SMILES string of the molecule is COC(=O)C(CCOc1ccc(OC)cc1)C(=O)O. The van der Waals surface area contributed by atoms with Gasteiger partial charge in [-0.15, -0.1) is 0 Å². The third-order valence-electron chi connectivity index (χ3n) is 2.52. The topological polar surface area (TPSA) is 82.1 Å². The lowest BCUT2D eigenvalue weighted by Crippen LogP contribution is -2.26. The highest BCUT2D eigenvalue weighted by Crippen LogP contribution is 2.17. The summed E-state index contributed by atoms with van der Waals surface area (Å²) in [4.78, 5) is 22.1. The van der Waals surface area contributed by atoms with E-state index in [1.54, 1.807) is 31.4 Å². The monoisotopic (exact) mass is 268 g/mol. The molecule has 0 bridgehead atoms. The molecule has 1 aromatic carbocycles. The molecule has 1 atom stereocenters. The maximum Gasteiger partial charge on any atom is 0.320 e. The van der Waals surface area contributed by atoms with Crippen molar-refractivity contribution in [1.82, 2.24) is 0 Å². The standard InChI is InChI=1S/C13H16O6/c1-17-9-3-5-10(6-4-9)19-8-7-11(12(14)15)13(16)18-2/h3-6,11H,7-8H2,1-2H3,(H,14,15). The molecule has 0 aliphatic carbocycles. The molecule has 0 saturated carbocycles. The fourth-order valence-electron chi connectivity index (χ4n) is 1.45. The second-order valence-electron chi connectivity index (χ2n) is 3.73. The summed E-state index contributed by atoms with van der Waals surface area (Å²) in [6.07, 6.45) is 0.0496. The minimum Gasteiger partial charge on any atom is -0.497 e.